The van der Waals surface area contributed by atoms with Crippen LogP contribution < -0.4 is 5.32 Å². The summed E-state index contributed by atoms with van der Waals surface area (Å²) >= 11 is 0. The summed E-state index contributed by atoms with van der Waals surface area (Å²) in [5, 5.41) is 3.49. The Balaban J connectivity index is 1.78. The third-order valence-electron chi connectivity index (χ3n) is 3.80. The lowest BCUT2D eigenvalue weighted by Crippen LogP contribution is -2.20. The summed E-state index contributed by atoms with van der Waals surface area (Å²) in [5.41, 5.74) is 2.25. The van der Waals surface area contributed by atoms with E-state index in [1.807, 2.05) is 25.1 Å². The van der Waals surface area contributed by atoms with Gasteiger partial charge in [0.1, 0.15) is 17.3 Å². The fraction of sp³-hybridized carbons (Fsp3) is 0.353. The fourth-order valence-electron chi connectivity index (χ4n) is 2.64. The van der Waals surface area contributed by atoms with E-state index in [1.165, 1.54) is 5.52 Å². The largest absolute Gasteiger partial charge is 0.465 e. The molecule has 110 valence electrons. The van der Waals surface area contributed by atoms with Gasteiger partial charge in [0.05, 0.1) is 23.6 Å². The zero-order valence-corrected chi connectivity index (χ0v) is 12.8. The minimum absolute atomic E-state index is 0.170. The van der Waals surface area contributed by atoms with Gasteiger partial charge in [-0.3, -0.25) is 0 Å². The fourth-order valence-corrected chi connectivity index (χ4v) is 2.64. The van der Waals surface area contributed by atoms with Crippen LogP contribution in [0, 0.1) is 6.92 Å². The number of aryl methyl sites for hydroxylation is 2. The number of hydrogen-bond acceptors (Lipinski definition) is 3. The molecule has 0 bridgehead atoms. The normalized spacial score (nSPS) is 12.9. The molecule has 2 heterocycles. The Hall–Kier alpha value is -2.07. The van der Waals surface area contributed by atoms with Gasteiger partial charge in [0.25, 0.3) is 0 Å². The molecule has 0 saturated carbocycles. The summed E-state index contributed by atoms with van der Waals surface area (Å²) in [4.78, 5) is 4.72. The van der Waals surface area contributed by atoms with E-state index in [4.69, 9.17) is 9.40 Å². The van der Waals surface area contributed by atoms with Crippen LogP contribution in [0.2, 0.25) is 0 Å². The van der Waals surface area contributed by atoms with Gasteiger partial charge >= 0.3 is 0 Å². The Morgan fingerprint density at radius 2 is 2.05 bits per heavy atom. The molecule has 0 spiro atoms. The number of hydrogen-bond donors (Lipinski definition) is 1. The number of imidazole rings is 1. The van der Waals surface area contributed by atoms with Gasteiger partial charge in [0.15, 0.2) is 0 Å². The highest BCUT2D eigenvalue weighted by Crippen LogP contribution is 2.18. The van der Waals surface area contributed by atoms with E-state index in [0.29, 0.717) is 0 Å². The summed E-state index contributed by atoms with van der Waals surface area (Å²) in [5.74, 6) is 2.97. The molecule has 4 heteroatoms. The Morgan fingerprint density at radius 1 is 1.24 bits per heavy atom. The van der Waals surface area contributed by atoms with E-state index in [9.17, 15) is 0 Å². The number of rotatable bonds is 5. The number of fused-ring (bicyclic) bond motifs is 1. The predicted molar refractivity (Wildman–Crippen MR) is 84.1 cm³/mol. The van der Waals surface area contributed by atoms with Crippen molar-refractivity contribution in [1.82, 2.24) is 14.9 Å². The Bertz CT molecular complexity index is 741. The van der Waals surface area contributed by atoms with Gasteiger partial charge < -0.3 is 14.3 Å². The highest BCUT2D eigenvalue weighted by molar-refractivity contribution is 5.75. The van der Waals surface area contributed by atoms with Crippen LogP contribution in [-0.2, 0) is 13.1 Å². The van der Waals surface area contributed by atoms with E-state index < -0.39 is 0 Å². The molecule has 0 radical (unpaired) electrons. The second-order valence-electron chi connectivity index (χ2n) is 5.31. The number of benzene rings is 1. The van der Waals surface area contributed by atoms with Crippen LogP contribution in [0.25, 0.3) is 11.0 Å². The molecule has 1 unspecified atom stereocenters. The van der Waals surface area contributed by atoms with Crippen LogP contribution in [0.1, 0.15) is 37.2 Å². The summed E-state index contributed by atoms with van der Waals surface area (Å²) in [6, 6.07) is 12.5. The lowest BCUT2D eigenvalue weighted by atomic mass is 10.2. The Kier molecular flexibility index (Phi) is 3.80. The smallest absolute Gasteiger partial charge is 0.123 e. The van der Waals surface area contributed by atoms with Crippen molar-refractivity contribution in [2.45, 2.75) is 39.9 Å². The van der Waals surface area contributed by atoms with Gasteiger partial charge in [-0.25, -0.2) is 4.98 Å². The number of para-hydroxylation sites is 2. The molecule has 0 aliphatic carbocycles. The van der Waals surface area contributed by atoms with E-state index in [2.05, 4.69) is 41.9 Å². The average molecular weight is 283 g/mol. The first kappa shape index (κ1) is 13.9. The zero-order valence-electron chi connectivity index (χ0n) is 12.8. The molecule has 1 aromatic carbocycles. The first-order valence-electron chi connectivity index (χ1n) is 7.43. The van der Waals surface area contributed by atoms with Crippen molar-refractivity contribution < 1.29 is 4.42 Å². The van der Waals surface area contributed by atoms with E-state index in [-0.39, 0.29) is 6.04 Å². The van der Waals surface area contributed by atoms with E-state index in [0.717, 1.165) is 36.0 Å². The van der Waals surface area contributed by atoms with E-state index in [1.54, 1.807) is 0 Å². The van der Waals surface area contributed by atoms with E-state index >= 15 is 0 Å². The third-order valence-corrected chi connectivity index (χ3v) is 3.80. The number of aromatic nitrogens is 2. The number of nitrogens with one attached hydrogen (secondary N) is 1. The maximum atomic E-state index is 5.66. The molecule has 3 aromatic rings. The highest BCUT2D eigenvalue weighted by Gasteiger charge is 2.12. The predicted octanol–water partition coefficient (Wildman–Crippen LogP) is 3.81. The molecule has 1 atom stereocenters. The van der Waals surface area contributed by atoms with Crippen molar-refractivity contribution in [3.05, 3.63) is 53.7 Å². The molecule has 21 heavy (non-hydrogen) atoms. The lowest BCUT2D eigenvalue weighted by molar-refractivity contribution is 0.411. The third kappa shape index (κ3) is 2.72. The Labute approximate surface area is 124 Å². The molecular weight excluding hydrogens is 262 g/mol. The van der Waals surface area contributed by atoms with Gasteiger partial charge in [-0.2, -0.15) is 0 Å². The summed E-state index contributed by atoms with van der Waals surface area (Å²) in [6.07, 6.45) is 0. The SMILES string of the molecule is CCn1c(CNC(C)c2ccc(C)o2)nc2ccccc21. The monoisotopic (exact) mass is 283 g/mol. The molecule has 2 aromatic heterocycles. The molecule has 1 N–H and O–H groups in total. The topological polar surface area (TPSA) is 43.0 Å². The molecule has 0 saturated heterocycles. The van der Waals surface area contributed by atoms with Crippen LogP contribution >= 0.6 is 0 Å². The summed E-state index contributed by atoms with van der Waals surface area (Å²) < 4.78 is 7.91. The maximum absolute atomic E-state index is 5.66. The molecule has 3 rings (SSSR count). The standard InChI is InChI=1S/C17H21N3O/c1-4-20-15-8-6-5-7-14(15)19-17(20)11-18-13(3)16-10-9-12(2)21-16/h5-10,13,18H,4,11H2,1-3H3. The van der Waals surface area contributed by atoms with Crippen molar-refractivity contribution in [2.75, 3.05) is 0 Å². The lowest BCUT2D eigenvalue weighted by Gasteiger charge is -2.12. The quantitative estimate of drug-likeness (QED) is 0.774. The van der Waals surface area contributed by atoms with Crippen LogP contribution in [0.5, 0.6) is 0 Å². The van der Waals surface area contributed by atoms with Crippen molar-refractivity contribution in [3.63, 3.8) is 0 Å². The minimum Gasteiger partial charge on any atom is -0.465 e. The number of nitrogens with zero attached hydrogens (tertiary/aromatic N) is 2. The van der Waals surface area contributed by atoms with Gasteiger partial charge in [-0.05, 0) is 45.0 Å². The minimum atomic E-state index is 0.170. The molecule has 0 fully saturated rings. The second kappa shape index (κ2) is 5.74. The van der Waals surface area contributed by atoms with Gasteiger partial charge in [0.2, 0.25) is 0 Å². The van der Waals surface area contributed by atoms with Crippen LogP contribution in [-0.4, -0.2) is 9.55 Å². The Morgan fingerprint density at radius 3 is 2.76 bits per heavy atom. The molecule has 0 aliphatic rings. The summed E-state index contributed by atoms with van der Waals surface area (Å²) in [7, 11) is 0. The van der Waals surface area contributed by atoms with Gasteiger partial charge in [-0.1, -0.05) is 12.1 Å². The maximum Gasteiger partial charge on any atom is 0.123 e. The average Bonchev–Trinajstić information content (AvgIpc) is 3.07. The van der Waals surface area contributed by atoms with Crippen molar-refractivity contribution >= 4 is 11.0 Å². The van der Waals surface area contributed by atoms with Gasteiger partial charge in [0, 0.05) is 6.54 Å². The molecule has 4 nitrogen and oxygen atoms in total. The van der Waals surface area contributed by atoms with Crippen molar-refractivity contribution in [2.24, 2.45) is 0 Å². The first-order valence-corrected chi connectivity index (χ1v) is 7.43. The number of furan rings is 1. The van der Waals surface area contributed by atoms with Gasteiger partial charge in [-0.15, -0.1) is 0 Å². The van der Waals surface area contributed by atoms with Crippen LogP contribution in [0.3, 0.4) is 0 Å². The summed E-state index contributed by atoms with van der Waals surface area (Å²) in [6.45, 7) is 7.87. The van der Waals surface area contributed by atoms with Crippen LogP contribution in [0.4, 0.5) is 0 Å². The van der Waals surface area contributed by atoms with Crippen molar-refractivity contribution in [3.8, 4) is 0 Å². The molecule has 0 amide bonds. The molecule has 0 aliphatic heterocycles. The van der Waals surface area contributed by atoms with Crippen LogP contribution in [0.15, 0.2) is 40.8 Å². The first-order chi connectivity index (χ1) is 10.2. The second-order valence-corrected chi connectivity index (χ2v) is 5.31. The molecular formula is C17H21N3O. The van der Waals surface area contributed by atoms with Crippen molar-refractivity contribution in [1.29, 1.82) is 0 Å². The highest BCUT2D eigenvalue weighted by atomic mass is 16.3. The zero-order chi connectivity index (χ0) is 14.8.